The van der Waals surface area contributed by atoms with Crippen molar-refractivity contribution in [1.29, 1.82) is 0 Å². The molecule has 1 aliphatic heterocycles. The Kier molecular flexibility index (Phi) is 15.5. The van der Waals surface area contributed by atoms with Crippen molar-refractivity contribution >= 4 is 44.7 Å². The number of allylic oxidation sites excluding steroid dienone is 1. The molecular weight excluding hydrogens is 446 g/mol. The van der Waals surface area contributed by atoms with Gasteiger partial charge in [-0.2, -0.15) is 27.0 Å². The molecule has 0 aromatic rings. The highest BCUT2D eigenvalue weighted by Crippen LogP contribution is 2.21. The third kappa shape index (κ3) is 10.3. The average molecular weight is 492 g/mol. The number of carbonyl (C=O) groups is 3. The molecule has 0 aromatic carbocycles. The molecule has 0 aromatic heterocycles. The number of cyclic esters (lactones) is 1. The van der Waals surface area contributed by atoms with Gasteiger partial charge in [-0.3, -0.25) is 14.9 Å². The third-order valence-corrected chi connectivity index (χ3v) is 5.56. The molecular formula is C23H45N3O4S2. The first-order valence-electron chi connectivity index (χ1n) is 11.0. The van der Waals surface area contributed by atoms with E-state index < -0.39 is 17.2 Å². The Balaban J connectivity index is 0. The number of amides is 1. The summed E-state index contributed by atoms with van der Waals surface area (Å²) in [5.74, 6) is -0.0963. The highest BCUT2D eigenvalue weighted by molar-refractivity contribution is 7.59. The lowest BCUT2D eigenvalue weighted by atomic mass is 9.83. The van der Waals surface area contributed by atoms with E-state index in [1.165, 1.54) is 4.90 Å². The normalized spacial score (nSPS) is 26.3. The summed E-state index contributed by atoms with van der Waals surface area (Å²) in [5.41, 5.74) is -1.72. The van der Waals surface area contributed by atoms with Gasteiger partial charge in [0.2, 0.25) is 0 Å². The summed E-state index contributed by atoms with van der Waals surface area (Å²) in [6.07, 6.45) is 6.69. The number of Topliss-reactive ketones (excluding diaryl/α,β-unsaturated/α-hetero) is 2. The molecule has 0 spiro atoms. The van der Waals surface area contributed by atoms with Crippen LogP contribution in [-0.2, 0) is 14.3 Å². The Hall–Kier alpha value is -1.03. The zero-order chi connectivity index (χ0) is 22.9. The molecule has 1 aliphatic rings. The first kappa shape index (κ1) is 33.1. The van der Waals surface area contributed by atoms with Crippen LogP contribution >= 0.6 is 27.0 Å². The van der Waals surface area contributed by atoms with E-state index in [-0.39, 0.29) is 70.2 Å². The summed E-state index contributed by atoms with van der Waals surface area (Å²) in [4.78, 5) is 39.9. The van der Waals surface area contributed by atoms with Crippen molar-refractivity contribution in [1.82, 2.24) is 15.5 Å². The molecule has 7 nitrogen and oxygen atoms in total. The SMILES string of the molecule is CC(C)N[C@@]1(C)CN(C)C(=O)OCC=CCCCC[C@@](C)(C(=O)C(C)C)NCC1=O.S.S. The minimum Gasteiger partial charge on any atom is -0.445 e. The van der Waals surface area contributed by atoms with E-state index in [1.807, 2.05) is 46.8 Å². The maximum atomic E-state index is 13.3. The van der Waals surface area contributed by atoms with Crippen molar-refractivity contribution in [2.75, 3.05) is 26.7 Å². The summed E-state index contributed by atoms with van der Waals surface area (Å²) in [5, 5.41) is 6.57. The Morgan fingerprint density at radius 2 is 1.75 bits per heavy atom. The second kappa shape index (κ2) is 15.0. The molecule has 9 heteroatoms. The van der Waals surface area contributed by atoms with Gasteiger partial charge in [0.15, 0.2) is 11.6 Å². The lowest BCUT2D eigenvalue weighted by Crippen LogP contribution is -2.63. The largest absolute Gasteiger partial charge is 0.445 e. The fourth-order valence-corrected chi connectivity index (χ4v) is 3.95. The first-order valence-corrected chi connectivity index (χ1v) is 11.0. The van der Waals surface area contributed by atoms with E-state index in [9.17, 15) is 14.4 Å². The van der Waals surface area contributed by atoms with Crippen LogP contribution in [0.3, 0.4) is 0 Å². The number of hydrogen-bond donors (Lipinski definition) is 2. The van der Waals surface area contributed by atoms with Crippen LogP contribution in [0.4, 0.5) is 4.79 Å². The maximum absolute atomic E-state index is 13.3. The zero-order valence-corrected chi connectivity index (χ0v) is 22.8. The number of rotatable bonds is 4. The molecule has 32 heavy (non-hydrogen) atoms. The van der Waals surface area contributed by atoms with Gasteiger partial charge in [-0.25, -0.2) is 4.79 Å². The highest BCUT2D eigenvalue weighted by atomic mass is 32.1. The van der Waals surface area contributed by atoms with Crippen molar-refractivity contribution in [3.05, 3.63) is 12.2 Å². The summed E-state index contributed by atoms with van der Waals surface area (Å²) < 4.78 is 5.28. The van der Waals surface area contributed by atoms with E-state index in [0.29, 0.717) is 6.42 Å². The number of nitrogens with one attached hydrogen (secondary N) is 2. The van der Waals surface area contributed by atoms with E-state index in [4.69, 9.17) is 4.74 Å². The molecule has 1 rings (SSSR count). The summed E-state index contributed by atoms with van der Waals surface area (Å²) in [7, 11) is 1.63. The van der Waals surface area contributed by atoms with Gasteiger partial charge in [-0.15, -0.1) is 0 Å². The van der Waals surface area contributed by atoms with Crippen molar-refractivity contribution < 1.29 is 19.1 Å². The smallest absolute Gasteiger partial charge is 0.409 e. The Morgan fingerprint density at radius 1 is 1.12 bits per heavy atom. The average Bonchev–Trinajstić information content (AvgIpc) is 2.65. The molecule has 0 fully saturated rings. The van der Waals surface area contributed by atoms with Gasteiger partial charge < -0.3 is 15.0 Å². The molecule has 0 bridgehead atoms. The van der Waals surface area contributed by atoms with E-state index >= 15 is 0 Å². The number of hydrogen-bond acceptors (Lipinski definition) is 6. The first-order chi connectivity index (χ1) is 13.9. The number of ether oxygens (including phenoxy) is 1. The van der Waals surface area contributed by atoms with Crippen LogP contribution in [0.2, 0.25) is 0 Å². The standard InChI is InChI=1S/C23H41N3O4.2H2S/c1-17(2)20(28)22(5)13-11-9-8-10-12-14-30-21(29)26(7)16-23(6,25-18(3)4)19(27)15-24-22;;/h10,12,17-18,24-25H,8-9,11,13-16H2,1-7H3;2*1H2/t22-,23-;;/m0../s1. The van der Waals surface area contributed by atoms with Crippen LogP contribution in [0.25, 0.3) is 0 Å². The molecule has 0 saturated carbocycles. The van der Waals surface area contributed by atoms with Crippen molar-refractivity contribution in [3.63, 3.8) is 0 Å². The number of carbonyl (C=O) groups excluding carboxylic acids is 3. The lowest BCUT2D eigenvalue weighted by molar-refractivity contribution is -0.129. The van der Waals surface area contributed by atoms with Gasteiger partial charge in [-0.1, -0.05) is 32.4 Å². The summed E-state index contributed by atoms with van der Waals surface area (Å²) >= 11 is 0. The van der Waals surface area contributed by atoms with E-state index in [2.05, 4.69) is 10.6 Å². The van der Waals surface area contributed by atoms with Crippen LogP contribution in [0, 0.1) is 5.92 Å². The molecule has 0 aliphatic carbocycles. The second-order valence-electron chi connectivity index (χ2n) is 9.41. The molecule has 1 heterocycles. The fraction of sp³-hybridized carbons (Fsp3) is 0.783. The number of likely N-dealkylation sites (N-methyl/N-ethyl adjacent to an activating group) is 1. The number of ketones is 2. The van der Waals surface area contributed by atoms with Crippen LogP contribution in [0.5, 0.6) is 0 Å². The monoisotopic (exact) mass is 491 g/mol. The van der Waals surface area contributed by atoms with Gasteiger partial charge in [0.05, 0.1) is 17.6 Å². The molecule has 0 unspecified atom stereocenters. The Labute approximate surface area is 208 Å². The van der Waals surface area contributed by atoms with Crippen molar-refractivity contribution in [2.24, 2.45) is 5.92 Å². The minimum atomic E-state index is -0.969. The van der Waals surface area contributed by atoms with Crippen molar-refractivity contribution in [2.45, 2.75) is 84.3 Å². The third-order valence-electron chi connectivity index (χ3n) is 5.56. The van der Waals surface area contributed by atoms with Gasteiger partial charge in [-0.05, 0) is 47.0 Å². The molecule has 0 saturated heterocycles. The molecule has 2 atom stereocenters. The number of nitrogens with zero attached hydrogens (tertiary/aromatic N) is 1. The van der Waals surface area contributed by atoms with Gasteiger partial charge in [0, 0.05) is 25.6 Å². The highest BCUT2D eigenvalue weighted by Gasteiger charge is 2.39. The van der Waals surface area contributed by atoms with Crippen LogP contribution in [0.1, 0.15) is 67.2 Å². The molecule has 2 N–H and O–H groups in total. The van der Waals surface area contributed by atoms with E-state index in [0.717, 1.165) is 19.3 Å². The molecule has 1 amide bonds. The summed E-state index contributed by atoms with van der Waals surface area (Å²) in [6, 6.07) is 0.0422. The Bertz CT molecular complexity index is 643. The molecule has 188 valence electrons. The van der Waals surface area contributed by atoms with Crippen molar-refractivity contribution in [3.8, 4) is 0 Å². The fourth-order valence-electron chi connectivity index (χ4n) is 3.95. The Morgan fingerprint density at radius 3 is 2.31 bits per heavy atom. The predicted octanol–water partition coefficient (Wildman–Crippen LogP) is 3.31. The predicted molar refractivity (Wildman–Crippen MR) is 140 cm³/mol. The van der Waals surface area contributed by atoms with Crippen LogP contribution in [-0.4, -0.2) is 66.4 Å². The zero-order valence-electron chi connectivity index (χ0n) is 20.8. The minimum absolute atomic E-state index is 0. The second-order valence-corrected chi connectivity index (χ2v) is 9.41. The van der Waals surface area contributed by atoms with Crippen LogP contribution < -0.4 is 10.6 Å². The van der Waals surface area contributed by atoms with E-state index in [1.54, 1.807) is 14.0 Å². The van der Waals surface area contributed by atoms with Gasteiger partial charge in [0.25, 0.3) is 0 Å². The van der Waals surface area contributed by atoms with Crippen LogP contribution in [0.15, 0.2) is 12.2 Å². The lowest BCUT2D eigenvalue weighted by Gasteiger charge is -2.37. The van der Waals surface area contributed by atoms with Gasteiger partial charge in [0.1, 0.15) is 6.61 Å². The summed E-state index contributed by atoms with van der Waals surface area (Å²) in [6.45, 7) is 11.8. The molecule has 0 radical (unpaired) electrons. The quantitative estimate of drug-likeness (QED) is 0.587. The topological polar surface area (TPSA) is 87.7 Å². The van der Waals surface area contributed by atoms with Gasteiger partial charge >= 0.3 is 6.09 Å². The maximum Gasteiger partial charge on any atom is 0.409 e.